The highest BCUT2D eigenvalue weighted by Gasteiger charge is 2.25. The molecule has 0 radical (unpaired) electrons. The zero-order chi connectivity index (χ0) is 23.6. The van der Waals surface area contributed by atoms with Crippen LogP contribution >= 0.6 is 0 Å². The first-order valence-electron chi connectivity index (χ1n) is 9.92. The van der Waals surface area contributed by atoms with Crippen molar-refractivity contribution in [3.05, 3.63) is 57.2 Å². The van der Waals surface area contributed by atoms with Crippen LogP contribution in [0.25, 0.3) is 0 Å². The van der Waals surface area contributed by atoms with E-state index < -0.39 is 11.0 Å². The minimum Gasteiger partial charge on any atom is -0.493 e. The van der Waals surface area contributed by atoms with Crippen molar-refractivity contribution in [2.45, 2.75) is 40.3 Å². The van der Waals surface area contributed by atoms with Gasteiger partial charge in [0.25, 0.3) is 0 Å². The second kappa shape index (κ2) is 9.08. The standard InChI is InChI=1S/C21H26N6O5/c1-12-20(23-21(28)15(4)26-13(2)17(10-22-26)27(29)30)14(3)25(24-12)11-16-7-8-18(31-5)19(9-16)32-6/h7-10,15H,11H2,1-6H3,(H,23,28). The highest BCUT2D eigenvalue weighted by molar-refractivity contribution is 5.94. The van der Waals surface area contributed by atoms with Crippen molar-refractivity contribution in [1.82, 2.24) is 19.6 Å². The van der Waals surface area contributed by atoms with Gasteiger partial charge in [0.2, 0.25) is 5.91 Å². The number of nitrogens with one attached hydrogen (secondary N) is 1. The summed E-state index contributed by atoms with van der Waals surface area (Å²) >= 11 is 0. The number of carbonyl (C=O) groups excluding carboxylic acids is 1. The molecule has 11 heteroatoms. The molecule has 11 nitrogen and oxygen atoms in total. The summed E-state index contributed by atoms with van der Waals surface area (Å²) in [5.41, 5.74) is 3.18. The summed E-state index contributed by atoms with van der Waals surface area (Å²) < 4.78 is 13.8. The molecule has 1 amide bonds. The lowest BCUT2D eigenvalue weighted by atomic mass is 10.2. The van der Waals surface area contributed by atoms with Crippen LogP contribution in [0.2, 0.25) is 0 Å². The predicted octanol–water partition coefficient (Wildman–Crippen LogP) is 3.18. The van der Waals surface area contributed by atoms with Gasteiger partial charge >= 0.3 is 5.69 Å². The van der Waals surface area contributed by atoms with Crippen LogP contribution in [0.4, 0.5) is 11.4 Å². The van der Waals surface area contributed by atoms with E-state index >= 15 is 0 Å². The molecule has 0 spiro atoms. The van der Waals surface area contributed by atoms with Gasteiger partial charge in [-0.15, -0.1) is 0 Å². The summed E-state index contributed by atoms with van der Waals surface area (Å²) in [4.78, 5) is 23.4. The zero-order valence-electron chi connectivity index (χ0n) is 18.9. The van der Waals surface area contributed by atoms with Gasteiger partial charge < -0.3 is 14.8 Å². The summed E-state index contributed by atoms with van der Waals surface area (Å²) in [6, 6.07) is 4.89. The number of nitro groups is 1. The van der Waals surface area contributed by atoms with Crippen LogP contribution in [-0.2, 0) is 11.3 Å². The fourth-order valence-corrected chi connectivity index (χ4v) is 3.51. The van der Waals surface area contributed by atoms with E-state index in [4.69, 9.17) is 9.47 Å². The van der Waals surface area contributed by atoms with Gasteiger partial charge in [-0.3, -0.25) is 24.3 Å². The van der Waals surface area contributed by atoms with Gasteiger partial charge in [-0.1, -0.05) is 6.07 Å². The average molecular weight is 442 g/mol. The molecule has 0 saturated carbocycles. The largest absolute Gasteiger partial charge is 0.493 e. The molecule has 0 aliphatic rings. The number of nitrogens with zero attached hydrogens (tertiary/aromatic N) is 5. The van der Waals surface area contributed by atoms with Gasteiger partial charge in [-0.2, -0.15) is 10.2 Å². The summed E-state index contributed by atoms with van der Waals surface area (Å²) in [6.07, 6.45) is 1.15. The molecule has 1 aromatic carbocycles. The molecule has 3 rings (SSSR count). The van der Waals surface area contributed by atoms with E-state index in [9.17, 15) is 14.9 Å². The molecule has 0 aliphatic heterocycles. The lowest BCUT2D eigenvalue weighted by Gasteiger charge is -2.14. The molecule has 2 heterocycles. The van der Waals surface area contributed by atoms with Crippen molar-refractivity contribution in [2.75, 3.05) is 19.5 Å². The van der Waals surface area contributed by atoms with Crippen LogP contribution in [-0.4, -0.2) is 44.6 Å². The van der Waals surface area contributed by atoms with Crippen LogP contribution in [0.3, 0.4) is 0 Å². The van der Waals surface area contributed by atoms with Gasteiger partial charge in [0.15, 0.2) is 11.5 Å². The maximum atomic E-state index is 12.9. The fraction of sp³-hybridized carbons (Fsp3) is 0.381. The summed E-state index contributed by atoms with van der Waals surface area (Å²) in [5, 5.41) is 22.5. The summed E-state index contributed by atoms with van der Waals surface area (Å²) in [5.74, 6) is 0.918. The number of methoxy groups -OCH3 is 2. The quantitative estimate of drug-likeness (QED) is 0.419. The Kier molecular flexibility index (Phi) is 6.47. The first kappa shape index (κ1) is 22.8. The highest BCUT2D eigenvalue weighted by atomic mass is 16.6. The molecule has 0 aliphatic carbocycles. The van der Waals surface area contributed by atoms with E-state index in [1.807, 2.05) is 32.0 Å². The Morgan fingerprint density at radius 1 is 1.19 bits per heavy atom. The SMILES string of the molecule is COc1ccc(Cn2nc(C)c(NC(=O)C(C)n3ncc([N+](=O)[O-])c3C)c2C)cc1OC. The van der Waals surface area contributed by atoms with E-state index in [1.54, 1.807) is 32.7 Å². The molecule has 0 saturated heterocycles. The zero-order valence-corrected chi connectivity index (χ0v) is 18.9. The van der Waals surface area contributed by atoms with Crippen LogP contribution in [0.15, 0.2) is 24.4 Å². The van der Waals surface area contributed by atoms with E-state index in [1.165, 1.54) is 4.68 Å². The lowest BCUT2D eigenvalue weighted by Crippen LogP contribution is -2.25. The Morgan fingerprint density at radius 3 is 2.47 bits per heavy atom. The van der Waals surface area contributed by atoms with Crippen LogP contribution in [0.5, 0.6) is 11.5 Å². The monoisotopic (exact) mass is 442 g/mol. The number of anilines is 1. The molecule has 0 bridgehead atoms. The minimum atomic E-state index is -0.739. The third kappa shape index (κ3) is 4.27. The molecule has 1 atom stereocenters. The lowest BCUT2D eigenvalue weighted by molar-refractivity contribution is -0.385. The van der Waals surface area contributed by atoms with E-state index in [0.717, 1.165) is 17.5 Å². The van der Waals surface area contributed by atoms with Crippen LogP contribution in [0.1, 0.15) is 35.6 Å². The van der Waals surface area contributed by atoms with Gasteiger partial charge in [-0.05, 0) is 45.4 Å². The van der Waals surface area contributed by atoms with Crippen molar-refractivity contribution < 1.29 is 19.2 Å². The first-order chi connectivity index (χ1) is 15.2. The molecule has 32 heavy (non-hydrogen) atoms. The van der Waals surface area contributed by atoms with Crippen molar-refractivity contribution in [2.24, 2.45) is 0 Å². The number of amides is 1. The van der Waals surface area contributed by atoms with Crippen LogP contribution < -0.4 is 14.8 Å². The topological polar surface area (TPSA) is 126 Å². The van der Waals surface area contributed by atoms with Gasteiger partial charge in [0.1, 0.15) is 17.9 Å². The average Bonchev–Trinajstić information content (AvgIpc) is 3.27. The number of benzene rings is 1. The van der Waals surface area contributed by atoms with Crippen molar-refractivity contribution in [3.8, 4) is 11.5 Å². The number of carbonyl (C=O) groups is 1. The van der Waals surface area contributed by atoms with Crippen molar-refractivity contribution in [1.29, 1.82) is 0 Å². The normalized spacial score (nSPS) is 11.8. The number of aryl methyl sites for hydroxylation is 1. The Hall–Kier alpha value is -3.89. The van der Waals surface area contributed by atoms with E-state index in [-0.39, 0.29) is 11.6 Å². The third-order valence-corrected chi connectivity index (χ3v) is 5.37. The second-order valence-electron chi connectivity index (χ2n) is 7.37. The van der Waals surface area contributed by atoms with E-state index in [2.05, 4.69) is 15.5 Å². The van der Waals surface area contributed by atoms with Gasteiger partial charge in [0.05, 0.1) is 42.8 Å². The molecule has 170 valence electrons. The number of aromatic nitrogens is 4. The molecule has 1 N–H and O–H groups in total. The van der Waals surface area contributed by atoms with Crippen molar-refractivity contribution >= 4 is 17.3 Å². The first-order valence-corrected chi connectivity index (χ1v) is 9.92. The fourth-order valence-electron chi connectivity index (χ4n) is 3.51. The van der Waals surface area contributed by atoms with Gasteiger partial charge in [-0.25, -0.2) is 0 Å². The smallest absolute Gasteiger partial charge is 0.309 e. The van der Waals surface area contributed by atoms with Gasteiger partial charge in [0, 0.05) is 0 Å². The molecule has 1 unspecified atom stereocenters. The number of ether oxygens (including phenoxy) is 2. The Labute approximate surface area is 185 Å². The summed E-state index contributed by atoms with van der Waals surface area (Å²) in [7, 11) is 3.16. The maximum absolute atomic E-state index is 12.9. The molecule has 0 fully saturated rings. The maximum Gasteiger partial charge on any atom is 0.309 e. The molecular formula is C21H26N6O5. The molecule has 2 aromatic heterocycles. The van der Waals surface area contributed by atoms with Crippen molar-refractivity contribution in [3.63, 3.8) is 0 Å². The Bertz CT molecular complexity index is 1170. The molecule has 3 aromatic rings. The number of hydrogen-bond donors (Lipinski definition) is 1. The third-order valence-electron chi connectivity index (χ3n) is 5.37. The second-order valence-corrected chi connectivity index (χ2v) is 7.37. The predicted molar refractivity (Wildman–Crippen MR) is 117 cm³/mol. The summed E-state index contributed by atoms with van der Waals surface area (Å²) in [6.45, 7) is 7.35. The Balaban J connectivity index is 1.80. The van der Waals surface area contributed by atoms with Crippen LogP contribution in [0, 0.1) is 30.9 Å². The minimum absolute atomic E-state index is 0.125. The number of rotatable bonds is 8. The van der Waals surface area contributed by atoms with E-state index in [0.29, 0.717) is 35.1 Å². The number of hydrogen-bond acceptors (Lipinski definition) is 7. The highest BCUT2D eigenvalue weighted by Crippen LogP contribution is 2.29. The Morgan fingerprint density at radius 2 is 1.88 bits per heavy atom. The molecular weight excluding hydrogens is 416 g/mol.